The van der Waals surface area contributed by atoms with E-state index in [9.17, 15) is 18.0 Å². The molecule has 0 spiro atoms. The number of furan rings is 1. The number of carbonyl (C=O) groups excluding carboxylic acids is 1. The zero-order chi connectivity index (χ0) is 17.9. The van der Waals surface area contributed by atoms with E-state index < -0.39 is 16.0 Å². The molecule has 0 radical (unpaired) electrons. The number of amides is 1. The van der Waals surface area contributed by atoms with Gasteiger partial charge in [-0.3, -0.25) is 9.59 Å². The molecule has 1 N–H and O–H groups in total. The second-order valence-electron chi connectivity index (χ2n) is 6.10. The summed E-state index contributed by atoms with van der Waals surface area (Å²) < 4.78 is 30.3. The van der Waals surface area contributed by atoms with E-state index in [-0.39, 0.29) is 29.1 Å². The van der Waals surface area contributed by atoms with Crippen molar-refractivity contribution in [2.24, 2.45) is 5.92 Å². The molecule has 1 aliphatic heterocycles. The first-order valence-corrected chi connectivity index (χ1v) is 9.19. The van der Waals surface area contributed by atoms with Gasteiger partial charge >= 0.3 is 5.97 Å². The van der Waals surface area contributed by atoms with Crippen LogP contribution in [-0.4, -0.2) is 61.8 Å². The molecule has 0 bridgehead atoms. The van der Waals surface area contributed by atoms with Crippen LogP contribution in [0.4, 0.5) is 0 Å². The van der Waals surface area contributed by atoms with Crippen molar-refractivity contribution < 1.29 is 27.5 Å². The van der Waals surface area contributed by atoms with Crippen LogP contribution < -0.4 is 0 Å². The highest BCUT2D eigenvalue weighted by molar-refractivity contribution is 7.88. The number of piperidine rings is 1. The van der Waals surface area contributed by atoms with Gasteiger partial charge in [-0.15, -0.1) is 0 Å². The van der Waals surface area contributed by atoms with Crippen molar-refractivity contribution in [1.82, 2.24) is 9.21 Å². The third-order valence-electron chi connectivity index (χ3n) is 4.10. The maximum Gasteiger partial charge on any atom is 0.303 e. The lowest BCUT2D eigenvalue weighted by molar-refractivity contribution is -0.137. The normalized spacial score (nSPS) is 18.8. The van der Waals surface area contributed by atoms with Crippen LogP contribution in [0, 0.1) is 5.92 Å². The number of rotatable bonds is 6. The smallest absolute Gasteiger partial charge is 0.303 e. The lowest BCUT2D eigenvalue weighted by Gasteiger charge is -2.32. The van der Waals surface area contributed by atoms with Crippen LogP contribution in [0.1, 0.15) is 36.2 Å². The number of aliphatic carboxylic acids is 1. The Bertz CT molecular complexity index is 709. The monoisotopic (exact) mass is 358 g/mol. The quantitative estimate of drug-likeness (QED) is 0.820. The molecule has 8 nitrogen and oxygen atoms in total. The molecule has 1 fully saturated rings. The van der Waals surface area contributed by atoms with E-state index in [1.54, 1.807) is 4.90 Å². The molecule has 0 aliphatic carbocycles. The first-order valence-electron chi connectivity index (χ1n) is 7.75. The molecule has 1 saturated heterocycles. The molecule has 1 aromatic rings. The fraction of sp³-hybridized carbons (Fsp3) is 0.600. The molecule has 9 heteroatoms. The summed E-state index contributed by atoms with van der Waals surface area (Å²) in [7, 11) is -0.947. The number of carboxylic acids is 1. The number of carbonyl (C=O) groups is 2. The van der Waals surface area contributed by atoms with Crippen LogP contribution >= 0.6 is 0 Å². The number of sulfonamides is 1. The summed E-state index contributed by atoms with van der Waals surface area (Å²) in [6.07, 6.45) is 2.28. The number of hydrogen-bond donors (Lipinski definition) is 1. The van der Waals surface area contributed by atoms with E-state index in [1.807, 2.05) is 0 Å². The average Bonchev–Trinajstić information content (AvgIpc) is 3.03. The van der Waals surface area contributed by atoms with Crippen molar-refractivity contribution in [3.8, 4) is 0 Å². The maximum atomic E-state index is 12.5. The highest BCUT2D eigenvalue weighted by Crippen LogP contribution is 2.24. The number of likely N-dealkylation sites (tertiary alicyclic amines) is 1. The van der Waals surface area contributed by atoms with Crippen LogP contribution in [0.5, 0.6) is 0 Å². The number of hydrogen-bond acceptors (Lipinski definition) is 5. The van der Waals surface area contributed by atoms with Crippen LogP contribution in [0.2, 0.25) is 0 Å². The van der Waals surface area contributed by atoms with E-state index in [4.69, 9.17) is 9.52 Å². The molecule has 0 saturated carbocycles. The van der Waals surface area contributed by atoms with Gasteiger partial charge in [-0.05, 0) is 37.3 Å². The average molecular weight is 358 g/mol. The van der Waals surface area contributed by atoms with Crippen molar-refractivity contribution in [2.75, 3.05) is 27.2 Å². The first kappa shape index (κ1) is 18.5. The fourth-order valence-electron chi connectivity index (χ4n) is 2.72. The second kappa shape index (κ2) is 7.35. The predicted molar refractivity (Wildman–Crippen MR) is 85.1 cm³/mol. The van der Waals surface area contributed by atoms with Gasteiger partial charge < -0.3 is 14.4 Å². The highest BCUT2D eigenvalue weighted by Gasteiger charge is 2.28. The summed E-state index contributed by atoms with van der Waals surface area (Å²) in [5.41, 5.74) is 0. The summed E-state index contributed by atoms with van der Waals surface area (Å²) in [5, 5.41) is 8.50. The third kappa shape index (κ3) is 4.15. The van der Waals surface area contributed by atoms with Gasteiger partial charge in [-0.1, -0.05) is 0 Å². The summed E-state index contributed by atoms with van der Waals surface area (Å²) in [4.78, 5) is 24.8. The Balaban J connectivity index is 2.06. The van der Waals surface area contributed by atoms with Crippen molar-refractivity contribution in [2.45, 2.75) is 30.8 Å². The zero-order valence-electron chi connectivity index (χ0n) is 13.8. The summed E-state index contributed by atoms with van der Waals surface area (Å²) >= 11 is 0. The Morgan fingerprint density at radius 3 is 2.71 bits per heavy atom. The molecule has 0 aromatic carbocycles. The Morgan fingerprint density at radius 2 is 2.08 bits per heavy atom. The number of nitrogens with zero attached hydrogens (tertiary/aromatic N) is 2. The van der Waals surface area contributed by atoms with E-state index in [1.165, 1.54) is 26.2 Å². The number of carboxylic acid groups (broad SMARTS) is 1. The second-order valence-corrected chi connectivity index (χ2v) is 8.18. The first-order chi connectivity index (χ1) is 11.2. The Labute approximate surface area is 141 Å². The highest BCUT2D eigenvalue weighted by atomic mass is 32.2. The predicted octanol–water partition coefficient (Wildman–Crippen LogP) is 1.25. The van der Waals surface area contributed by atoms with Gasteiger partial charge in [0.1, 0.15) is 0 Å². The Morgan fingerprint density at radius 1 is 1.38 bits per heavy atom. The van der Waals surface area contributed by atoms with Crippen molar-refractivity contribution in [1.29, 1.82) is 0 Å². The lowest BCUT2D eigenvalue weighted by Crippen LogP contribution is -2.39. The van der Waals surface area contributed by atoms with Crippen molar-refractivity contribution in [3.63, 3.8) is 0 Å². The minimum Gasteiger partial charge on any atom is -0.481 e. The summed E-state index contributed by atoms with van der Waals surface area (Å²) in [5.74, 6) is -1.09. The van der Waals surface area contributed by atoms with Crippen LogP contribution in [-0.2, 0) is 14.8 Å². The molecule has 1 amide bonds. The van der Waals surface area contributed by atoms with Crippen LogP contribution in [0.25, 0.3) is 0 Å². The van der Waals surface area contributed by atoms with Crippen LogP contribution in [0.15, 0.2) is 21.6 Å². The largest absolute Gasteiger partial charge is 0.481 e. The van der Waals surface area contributed by atoms with Gasteiger partial charge in [0, 0.05) is 33.6 Å². The van der Waals surface area contributed by atoms with E-state index in [0.717, 1.165) is 17.1 Å². The van der Waals surface area contributed by atoms with Gasteiger partial charge in [-0.25, -0.2) is 12.7 Å². The van der Waals surface area contributed by atoms with Gasteiger partial charge in [0.25, 0.3) is 15.9 Å². The van der Waals surface area contributed by atoms with Crippen molar-refractivity contribution in [3.05, 3.63) is 17.9 Å². The molecule has 134 valence electrons. The molecule has 24 heavy (non-hydrogen) atoms. The standard InChI is InChI=1S/C15H22N2O6S/c1-16(2)24(21,22)14-8-6-12(23-14)15(20)17-9-3-4-11(10-17)5-7-13(18)19/h6,8,11H,3-5,7,9-10H2,1-2H3,(H,18,19). The molecular weight excluding hydrogens is 336 g/mol. The Kier molecular flexibility index (Phi) is 5.66. The van der Waals surface area contributed by atoms with Crippen LogP contribution in [0.3, 0.4) is 0 Å². The third-order valence-corrected chi connectivity index (χ3v) is 5.79. The minimum absolute atomic E-state index is 0.0192. The molecule has 1 aromatic heterocycles. The van der Waals surface area contributed by atoms with Gasteiger partial charge in [0.15, 0.2) is 5.76 Å². The van der Waals surface area contributed by atoms with E-state index in [0.29, 0.717) is 19.5 Å². The fourth-order valence-corrected chi connectivity index (χ4v) is 3.52. The van der Waals surface area contributed by atoms with Crippen molar-refractivity contribution >= 4 is 21.9 Å². The molecule has 2 heterocycles. The minimum atomic E-state index is -3.72. The summed E-state index contributed by atoms with van der Waals surface area (Å²) in [6, 6.07) is 2.63. The Hall–Kier alpha value is -1.87. The van der Waals surface area contributed by atoms with E-state index in [2.05, 4.69) is 0 Å². The molecular formula is C15H22N2O6S. The molecule has 1 atom stereocenters. The van der Waals surface area contributed by atoms with Gasteiger partial charge in [0.2, 0.25) is 5.09 Å². The zero-order valence-corrected chi connectivity index (χ0v) is 14.6. The molecule has 2 rings (SSSR count). The van der Waals surface area contributed by atoms with E-state index >= 15 is 0 Å². The SMILES string of the molecule is CN(C)S(=O)(=O)c1ccc(C(=O)N2CCCC(CCC(=O)O)C2)o1. The molecule has 1 unspecified atom stereocenters. The summed E-state index contributed by atoms with van der Waals surface area (Å²) in [6.45, 7) is 1.02. The maximum absolute atomic E-state index is 12.5. The van der Waals surface area contributed by atoms with Gasteiger partial charge in [0.05, 0.1) is 0 Å². The lowest BCUT2D eigenvalue weighted by atomic mass is 9.93. The molecule has 1 aliphatic rings. The topological polar surface area (TPSA) is 108 Å². The van der Waals surface area contributed by atoms with Gasteiger partial charge in [-0.2, -0.15) is 0 Å².